The molecule has 0 amide bonds. The van der Waals surface area contributed by atoms with Crippen LogP contribution in [0.25, 0.3) is 22.6 Å². The molecule has 0 aliphatic carbocycles. The Morgan fingerprint density at radius 3 is 1.58 bits per heavy atom. The quantitative estimate of drug-likeness (QED) is 0.239. The summed E-state index contributed by atoms with van der Waals surface area (Å²) in [7, 11) is 0. The van der Waals surface area contributed by atoms with Gasteiger partial charge >= 0.3 is 0 Å². The van der Waals surface area contributed by atoms with Gasteiger partial charge in [-0.2, -0.15) is 0 Å². The van der Waals surface area contributed by atoms with Gasteiger partial charge in [0.25, 0.3) is 0 Å². The summed E-state index contributed by atoms with van der Waals surface area (Å²) in [6, 6.07) is 28.5. The van der Waals surface area contributed by atoms with Crippen molar-refractivity contribution < 1.29 is 21.1 Å². The molecule has 1 aliphatic rings. The first-order valence-electron chi connectivity index (χ1n) is 10.3. The smallest absolute Gasteiger partial charge is 0.0889 e. The Bertz CT molecular complexity index is 1070. The molecule has 4 heterocycles. The molecule has 4 heteroatoms. The molecule has 1 aromatic carbocycles. The van der Waals surface area contributed by atoms with Crippen molar-refractivity contribution in [2.75, 3.05) is 0 Å². The van der Waals surface area contributed by atoms with E-state index in [0.717, 1.165) is 45.3 Å². The molecular formula is C27H24N3Pt-. The average molecular weight is 586 g/mol. The number of benzene rings is 1. The van der Waals surface area contributed by atoms with Gasteiger partial charge in [0, 0.05) is 43.3 Å². The normalized spacial score (nSPS) is 15.4. The van der Waals surface area contributed by atoms with Gasteiger partial charge in [0.15, 0.2) is 0 Å². The molecule has 3 aromatic heterocycles. The predicted molar refractivity (Wildman–Crippen MR) is 120 cm³/mol. The van der Waals surface area contributed by atoms with E-state index >= 15 is 0 Å². The summed E-state index contributed by atoms with van der Waals surface area (Å²) < 4.78 is 0. The van der Waals surface area contributed by atoms with Crippen LogP contribution in [0.5, 0.6) is 0 Å². The summed E-state index contributed by atoms with van der Waals surface area (Å²) in [6.45, 7) is 8.73. The van der Waals surface area contributed by atoms with Gasteiger partial charge in [0.2, 0.25) is 0 Å². The molecular weight excluding hydrogens is 561 g/mol. The fourth-order valence-corrected chi connectivity index (χ4v) is 4.04. The molecule has 0 unspecified atom stereocenters. The van der Waals surface area contributed by atoms with Crippen LogP contribution < -0.4 is 0 Å². The van der Waals surface area contributed by atoms with Gasteiger partial charge in [-0.15, -0.1) is 35.4 Å². The van der Waals surface area contributed by atoms with E-state index < -0.39 is 0 Å². The maximum absolute atomic E-state index is 5.03. The van der Waals surface area contributed by atoms with Gasteiger partial charge in [0.05, 0.1) is 17.1 Å². The summed E-state index contributed by atoms with van der Waals surface area (Å²) in [5.74, 6) is 0. The number of hydrogen-bond donors (Lipinski definition) is 0. The molecule has 1 aliphatic heterocycles. The summed E-state index contributed by atoms with van der Waals surface area (Å²) in [5, 5.41) is 0. The van der Waals surface area contributed by atoms with Crippen LogP contribution in [0.2, 0.25) is 0 Å². The molecule has 8 bridgehead atoms. The number of nitrogens with zero attached hydrogens (tertiary/aromatic N) is 3. The summed E-state index contributed by atoms with van der Waals surface area (Å²) in [6.07, 6.45) is 0. The first kappa shape index (κ1) is 21.6. The Balaban J connectivity index is 0.00000231. The molecule has 0 atom stereocenters. The molecule has 4 aromatic rings. The molecule has 0 spiro atoms. The summed E-state index contributed by atoms with van der Waals surface area (Å²) in [4.78, 5) is 15.1. The van der Waals surface area contributed by atoms with Gasteiger partial charge < -0.3 is 4.98 Å². The summed E-state index contributed by atoms with van der Waals surface area (Å²) >= 11 is 0. The number of aromatic nitrogens is 3. The van der Waals surface area contributed by atoms with E-state index in [4.69, 9.17) is 15.0 Å². The van der Waals surface area contributed by atoms with Gasteiger partial charge in [-0.25, -0.2) is 0 Å². The molecule has 0 N–H and O–H groups in total. The van der Waals surface area contributed by atoms with Crippen LogP contribution in [0.4, 0.5) is 0 Å². The zero-order valence-electron chi connectivity index (χ0n) is 18.1. The zero-order valence-corrected chi connectivity index (χ0v) is 20.4. The van der Waals surface area contributed by atoms with Crippen molar-refractivity contribution in [2.24, 2.45) is 0 Å². The molecule has 158 valence electrons. The third-order valence-electron chi connectivity index (χ3n) is 6.18. The van der Waals surface area contributed by atoms with Crippen molar-refractivity contribution in [3.8, 4) is 22.6 Å². The van der Waals surface area contributed by atoms with E-state index in [2.05, 4.69) is 94.4 Å². The van der Waals surface area contributed by atoms with E-state index in [1.807, 2.05) is 12.1 Å². The predicted octanol–water partition coefficient (Wildman–Crippen LogP) is 5.97. The third-order valence-corrected chi connectivity index (χ3v) is 6.18. The van der Waals surface area contributed by atoms with Crippen molar-refractivity contribution in [1.82, 2.24) is 15.0 Å². The standard InChI is InChI=1S/C27H24N3.Pt/c1-26(2)19-10-5-9-18(17-19)20-11-6-15-24(28-20)27(3,4)25-16-8-13-22(30-25)21-12-7-14-23(26)29-21;/h5-16H,1-4H3;/q-1;. The molecule has 0 saturated heterocycles. The van der Waals surface area contributed by atoms with Gasteiger partial charge in [-0.3, -0.25) is 9.97 Å². The minimum absolute atomic E-state index is 0. The number of pyridine rings is 3. The van der Waals surface area contributed by atoms with Crippen LogP contribution in [0.3, 0.4) is 0 Å². The zero-order chi connectivity index (χ0) is 20.9. The van der Waals surface area contributed by atoms with E-state index in [9.17, 15) is 0 Å². The minimum atomic E-state index is -0.343. The molecule has 0 saturated carbocycles. The van der Waals surface area contributed by atoms with Crippen molar-refractivity contribution in [2.45, 2.75) is 38.5 Å². The first-order valence-corrected chi connectivity index (χ1v) is 10.3. The van der Waals surface area contributed by atoms with Crippen LogP contribution in [-0.2, 0) is 31.9 Å². The Kier molecular flexibility index (Phi) is 5.43. The van der Waals surface area contributed by atoms with Gasteiger partial charge in [-0.05, 0) is 49.9 Å². The number of rotatable bonds is 0. The molecule has 0 fully saturated rings. The van der Waals surface area contributed by atoms with Crippen LogP contribution >= 0.6 is 0 Å². The number of fused-ring (bicyclic) bond motifs is 10. The van der Waals surface area contributed by atoms with Crippen molar-refractivity contribution >= 4 is 0 Å². The van der Waals surface area contributed by atoms with Crippen molar-refractivity contribution in [1.29, 1.82) is 0 Å². The minimum Gasteiger partial charge on any atom is -0.300 e. The number of hydrogen-bond acceptors (Lipinski definition) is 3. The Morgan fingerprint density at radius 2 is 1.00 bits per heavy atom. The SMILES string of the molecule is CC1(C)c2[c-]c(ccc2)-c2cccc(n2)C(C)(C)c2cccc(n2)-c2cccc1n2.[Pt]. The average Bonchev–Trinajstić information content (AvgIpc) is 2.79. The topological polar surface area (TPSA) is 38.7 Å². The van der Waals surface area contributed by atoms with Crippen molar-refractivity contribution in [3.05, 3.63) is 102 Å². The molecule has 31 heavy (non-hydrogen) atoms. The largest absolute Gasteiger partial charge is 0.300 e. The van der Waals surface area contributed by atoms with Gasteiger partial charge in [0.1, 0.15) is 0 Å². The second-order valence-corrected chi connectivity index (χ2v) is 8.95. The Morgan fingerprint density at radius 1 is 0.548 bits per heavy atom. The maximum Gasteiger partial charge on any atom is 0.0889 e. The third kappa shape index (κ3) is 3.66. The maximum atomic E-state index is 5.03. The molecule has 0 radical (unpaired) electrons. The van der Waals surface area contributed by atoms with Gasteiger partial charge in [-0.1, -0.05) is 38.1 Å². The second-order valence-electron chi connectivity index (χ2n) is 8.95. The van der Waals surface area contributed by atoms with Crippen LogP contribution in [0.15, 0.2) is 72.8 Å². The second kappa shape index (κ2) is 7.80. The van der Waals surface area contributed by atoms with Crippen LogP contribution in [0.1, 0.15) is 50.3 Å². The van der Waals surface area contributed by atoms with E-state index in [0.29, 0.717) is 0 Å². The first-order chi connectivity index (χ1) is 14.4. The monoisotopic (exact) mass is 585 g/mol. The van der Waals surface area contributed by atoms with E-state index in [1.165, 1.54) is 0 Å². The van der Waals surface area contributed by atoms with Crippen molar-refractivity contribution in [3.63, 3.8) is 0 Å². The fourth-order valence-electron chi connectivity index (χ4n) is 4.04. The van der Waals surface area contributed by atoms with Crippen LogP contribution in [-0.4, -0.2) is 15.0 Å². The van der Waals surface area contributed by atoms with E-state index in [1.54, 1.807) is 0 Å². The Hall–Kier alpha value is -2.64. The fraction of sp³-hybridized carbons (Fsp3) is 0.222. The molecule has 3 nitrogen and oxygen atoms in total. The summed E-state index contributed by atoms with van der Waals surface area (Å²) in [5.41, 5.74) is 7.09. The Labute approximate surface area is 198 Å². The van der Waals surface area contributed by atoms with Crippen LogP contribution in [0, 0.1) is 6.07 Å². The van der Waals surface area contributed by atoms with E-state index in [-0.39, 0.29) is 31.9 Å². The molecule has 5 rings (SSSR count).